The molecular weight excluding hydrogens is 294 g/mol. The standard InChI is InChI=1S/C18H27NO4/c1-22-16-7-8-17(23-2)15(12-16)13-19(9-10-20)18(21)11-14-5-3-4-6-14/h7-8,12,14,20H,3-6,9-11,13H2,1-2H3. The predicted octanol–water partition coefficient (Wildman–Crippen LogP) is 2.61. The highest BCUT2D eigenvalue weighted by Crippen LogP contribution is 2.29. The third-order valence-corrected chi connectivity index (χ3v) is 4.51. The summed E-state index contributed by atoms with van der Waals surface area (Å²) >= 11 is 0. The Morgan fingerprint density at radius 2 is 2.00 bits per heavy atom. The van der Waals surface area contributed by atoms with Crippen molar-refractivity contribution in [2.24, 2.45) is 5.92 Å². The van der Waals surface area contributed by atoms with Crippen LogP contribution in [0.25, 0.3) is 0 Å². The van der Waals surface area contributed by atoms with Gasteiger partial charge < -0.3 is 19.5 Å². The number of hydrogen-bond acceptors (Lipinski definition) is 4. The maximum absolute atomic E-state index is 12.6. The van der Waals surface area contributed by atoms with Crippen LogP contribution in [0.5, 0.6) is 11.5 Å². The van der Waals surface area contributed by atoms with Crippen molar-refractivity contribution < 1.29 is 19.4 Å². The molecule has 5 nitrogen and oxygen atoms in total. The van der Waals surface area contributed by atoms with E-state index in [4.69, 9.17) is 9.47 Å². The van der Waals surface area contributed by atoms with E-state index in [0.29, 0.717) is 25.4 Å². The Morgan fingerprint density at radius 1 is 1.26 bits per heavy atom. The zero-order chi connectivity index (χ0) is 16.7. The molecule has 0 unspecified atom stereocenters. The van der Waals surface area contributed by atoms with Gasteiger partial charge in [-0.2, -0.15) is 0 Å². The van der Waals surface area contributed by atoms with Crippen LogP contribution in [-0.4, -0.2) is 43.3 Å². The Balaban J connectivity index is 2.09. The van der Waals surface area contributed by atoms with Crippen LogP contribution in [0.1, 0.15) is 37.7 Å². The average molecular weight is 321 g/mol. The van der Waals surface area contributed by atoms with Crippen molar-refractivity contribution in [3.63, 3.8) is 0 Å². The lowest BCUT2D eigenvalue weighted by Gasteiger charge is -2.24. The second-order valence-electron chi connectivity index (χ2n) is 6.07. The lowest BCUT2D eigenvalue weighted by Crippen LogP contribution is -2.34. The zero-order valence-corrected chi connectivity index (χ0v) is 14.1. The number of methoxy groups -OCH3 is 2. The number of aliphatic hydroxyl groups excluding tert-OH is 1. The highest BCUT2D eigenvalue weighted by atomic mass is 16.5. The van der Waals surface area contributed by atoms with E-state index in [1.807, 2.05) is 18.2 Å². The first kappa shape index (κ1) is 17.6. The summed E-state index contributed by atoms with van der Waals surface area (Å²) < 4.78 is 10.6. The topological polar surface area (TPSA) is 59.0 Å². The summed E-state index contributed by atoms with van der Waals surface area (Å²) in [5.74, 6) is 2.06. The Labute approximate surface area is 138 Å². The summed E-state index contributed by atoms with van der Waals surface area (Å²) in [6.45, 7) is 0.723. The predicted molar refractivity (Wildman–Crippen MR) is 88.6 cm³/mol. The molecule has 0 spiro atoms. The zero-order valence-electron chi connectivity index (χ0n) is 14.1. The number of hydrogen-bond donors (Lipinski definition) is 1. The molecule has 1 aliphatic carbocycles. The van der Waals surface area contributed by atoms with E-state index in [9.17, 15) is 9.90 Å². The van der Waals surface area contributed by atoms with E-state index in [2.05, 4.69) is 0 Å². The van der Waals surface area contributed by atoms with Crippen LogP contribution in [0.2, 0.25) is 0 Å². The fourth-order valence-corrected chi connectivity index (χ4v) is 3.21. The molecule has 5 heteroatoms. The molecule has 0 atom stereocenters. The van der Waals surface area contributed by atoms with Crippen LogP contribution in [0.4, 0.5) is 0 Å². The summed E-state index contributed by atoms with van der Waals surface area (Å²) in [5, 5.41) is 9.30. The molecule has 1 N–H and O–H groups in total. The Kier molecular flexibility index (Phi) is 6.71. The van der Waals surface area contributed by atoms with E-state index in [0.717, 1.165) is 29.9 Å². The van der Waals surface area contributed by atoms with E-state index >= 15 is 0 Å². The molecule has 0 aromatic heterocycles. The largest absolute Gasteiger partial charge is 0.497 e. The van der Waals surface area contributed by atoms with E-state index in [-0.39, 0.29) is 12.5 Å². The van der Waals surface area contributed by atoms with Gasteiger partial charge in [-0.05, 0) is 37.0 Å². The summed E-state index contributed by atoms with van der Waals surface area (Å²) in [6.07, 6.45) is 5.30. The number of carbonyl (C=O) groups excluding carboxylic acids is 1. The first-order chi connectivity index (χ1) is 11.2. The first-order valence-corrected chi connectivity index (χ1v) is 8.27. The van der Waals surface area contributed by atoms with E-state index in [1.54, 1.807) is 19.1 Å². The quantitative estimate of drug-likeness (QED) is 0.799. The summed E-state index contributed by atoms with van der Waals surface area (Å²) in [5.41, 5.74) is 0.889. The molecule has 0 saturated heterocycles. The molecule has 128 valence electrons. The Morgan fingerprint density at radius 3 is 2.61 bits per heavy atom. The lowest BCUT2D eigenvalue weighted by atomic mass is 10.0. The molecule has 0 heterocycles. The van der Waals surface area contributed by atoms with Crippen LogP contribution in [0, 0.1) is 5.92 Å². The number of carbonyl (C=O) groups is 1. The van der Waals surface area contributed by atoms with Crippen molar-refractivity contribution in [2.75, 3.05) is 27.4 Å². The Hall–Kier alpha value is -1.75. The number of ether oxygens (including phenoxy) is 2. The maximum atomic E-state index is 12.6. The highest BCUT2D eigenvalue weighted by molar-refractivity contribution is 5.76. The van der Waals surface area contributed by atoms with Crippen molar-refractivity contribution in [3.05, 3.63) is 23.8 Å². The number of benzene rings is 1. The number of aliphatic hydroxyl groups is 1. The normalized spacial score (nSPS) is 14.7. The second kappa shape index (κ2) is 8.77. The van der Waals surface area contributed by atoms with Crippen LogP contribution >= 0.6 is 0 Å². The fraction of sp³-hybridized carbons (Fsp3) is 0.611. The van der Waals surface area contributed by atoms with Crippen molar-refractivity contribution in [1.82, 2.24) is 4.90 Å². The van der Waals surface area contributed by atoms with Crippen molar-refractivity contribution in [2.45, 2.75) is 38.6 Å². The lowest BCUT2D eigenvalue weighted by molar-refractivity contribution is -0.133. The second-order valence-corrected chi connectivity index (χ2v) is 6.07. The monoisotopic (exact) mass is 321 g/mol. The summed E-state index contributed by atoms with van der Waals surface area (Å²) in [6, 6.07) is 5.55. The molecule has 1 aromatic rings. The van der Waals surface area contributed by atoms with Gasteiger partial charge in [0, 0.05) is 25.1 Å². The molecule has 23 heavy (non-hydrogen) atoms. The van der Waals surface area contributed by atoms with Crippen LogP contribution in [0.3, 0.4) is 0 Å². The van der Waals surface area contributed by atoms with Gasteiger partial charge in [-0.1, -0.05) is 12.8 Å². The average Bonchev–Trinajstić information content (AvgIpc) is 3.07. The molecule has 1 aromatic carbocycles. The van der Waals surface area contributed by atoms with Gasteiger partial charge in [0.15, 0.2) is 0 Å². The minimum atomic E-state index is -0.0390. The molecule has 0 aliphatic heterocycles. The van der Waals surface area contributed by atoms with Gasteiger partial charge in [-0.3, -0.25) is 4.79 Å². The third kappa shape index (κ3) is 4.86. The Bertz CT molecular complexity index is 512. The van der Waals surface area contributed by atoms with E-state index < -0.39 is 0 Å². The van der Waals surface area contributed by atoms with Gasteiger partial charge in [0.05, 0.1) is 20.8 Å². The third-order valence-electron chi connectivity index (χ3n) is 4.51. The molecule has 2 rings (SSSR count). The molecule has 0 radical (unpaired) electrons. The summed E-state index contributed by atoms with van der Waals surface area (Å²) in [7, 11) is 3.23. The summed E-state index contributed by atoms with van der Waals surface area (Å²) in [4.78, 5) is 14.3. The number of amides is 1. The number of nitrogens with zero attached hydrogens (tertiary/aromatic N) is 1. The smallest absolute Gasteiger partial charge is 0.223 e. The SMILES string of the molecule is COc1ccc(OC)c(CN(CCO)C(=O)CC2CCCC2)c1. The molecule has 1 aliphatic rings. The van der Waals surface area contributed by atoms with Gasteiger partial charge in [0.25, 0.3) is 0 Å². The van der Waals surface area contributed by atoms with Crippen molar-refractivity contribution in [1.29, 1.82) is 0 Å². The van der Waals surface area contributed by atoms with Crippen LogP contribution in [-0.2, 0) is 11.3 Å². The molecule has 1 fully saturated rings. The van der Waals surface area contributed by atoms with Crippen LogP contribution in [0.15, 0.2) is 18.2 Å². The first-order valence-electron chi connectivity index (χ1n) is 8.27. The minimum absolute atomic E-state index is 0.0390. The molecule has 1 saturated carbocycles. The maximum Gasteiger partial charge on any atom is 0.223 e. The molecular formula is C18H27NO4. The van der Waals surface area contributed by atoms with E-state index in [1.165, 1.54) is 12.8 Å². The van der Waals surface area contributed by atoms with Crippen molar-refractivity contribution >= 4 is 5.91 Å². The number of rotatable bonds is 8. The van der Waals surface area contributed by atoms with Crippen molar-refractivity contribution in [3.8, 4) is 11.5 Å². The van der Waals surface area contributed by atoms with Gasteiger partial charge in [0.2, 0.25) is 5.91 Å². The van der Waals surface area contributed by atoms with Gasteiger partial charge >= 0.3 is 0 Å². The molecule has 0 bridgehead atoms. The van der Waals surface area contributed by atoms with Gasteiger partial charge in [0.1, 0.15) is 11.5 Å². The highest BCUT2D eigenvalue weighted by Gasteiger charge is 2.23. The molecule has 1 amide bonds. The minimum Gasteiger partial charge on any atom is -0.497 e. The van der Waals surface area contributed by atoms with Crippen LogP contribution < -0.4 is 9.47 Å². The fourth-order valence-electron chi connectivity index (χ4n) is 3.21. The van der Waals surface area contributed by atoms with Gasteiger partial charge in [-0.25, -0.2) is 0 Å². The van der Waals surface area contributed by atoms with Gasteiger partial charge in [-0.15, -0.1) is 0 Å².